The van der Waals surface area contributed by atoms with Crippen LogP contribution in [-0.2, 0) is 4.79 Å². The van der Waals surface area contributed by atoms with Gasteiger partial charge in [0.25, 0.3) is 0 Å². The Balaban J connectivity index is 1.90. The molecule has 2 aliphatic carbocycles. The third kappa shape index (κ3) is 3.06. The summed E-state index contributed by atoms with van der Waals surface area (Å²) < 4.78 is 0. The molecule has 3 N–H and O–H groups in total. The van der Waals surface area contributed by atoms with Gasteiger partial charge >= 0.3 is 12.0 Å². The number of carbonyl (C=O) groups excluding carboxylic acids is 1. The summed E-state index contributed by atoms with van der Waals surface area (Å²) in [5, 5.41) is 21.2. The van der Waals surface area contributed by atoms with Gasteiger partial charge in [-0.15, -0.1) is 0 Å². The highest BCUT2D eigenvalue weighted by Gasteiger charge is 2.42. The number of amides is 2. The van der Waals surface area contributed by atoms with E-state index in [9.17, 15) is 14.7 Å². The highest BCUT2D eigenvalue weighted by molar-refractivity contribution is 5.78. The van der Waals surface area contributed by atoms with Crippen LogP contribution in [-0.4, -0.2) is 52.9 Å². The van der Waals surface area contributed by atoms with Gasteiger partial charge in [-0.1, -0.05) is 12.8 Å². The highest BCUT2D eigenvalue weighted by atomic mass is 16.4. The Labute approximate surface area is 119 Å². The maximum absolute atomic E-state index is 12.2. The monoisotopic (exact) mass is 284 g/mol. The summed E-state index contributed by atoms with van der Waals surface area (Å²) >= 11 is 0. The first kappa shape index (κ1) is 15.1. The molecule has 0 saturated heterocycles. The molecule has 2 aliphatic rings. The van der Waals surface area contributed by atoms with Crippen molar-refractivity contribution in [3.8, 4) is 0 Å². The molecule has 0 aromatic rings. The average Bonchev–Trinajstić information content (AvgIpc) is 2.83. The Bertz CT molecular complexity index is 362. The lowest BCUT2D eigenvalue weighted by atomic mass is 9.86. The number of aliphatic hydroxyl groups excluding tert-OH is 1. The summed E-state index contributed by atoms with van der Waals surface area (Å²) in [6, 6.07) is -0.0391. The second kappa shape index (κ2) is 6.43. The van der Waals surface area contributed by atoms with Crippen molar-refractivity contribution in [2.24, 2.45) is 5.41 Å². The lowest BCUT2D eigenvalue weighted by Gasteiger charge is -2.37. The van der Waals surface area contributed by atoms with Crippen LogP contribution in [0, 0.1) is 5.41 Å². The van der Waals surface area contributed by atoms with E-state index in [4.69, 9.17) is 5.11 Å². The van der Waals surface area contributed by atoms with Crippen LogP contribution in [0.5, 0.6) is 0 Å². The first-order valence-corrected chi connectivity index (χ1v) is 7.48. The van der Waals surface area contributed by atoms with Crippen LogP contribution in [0.2, 0.25) is 0 Å². The van der Waals surface area contributed by atoms with Crippen molar-refractivity contribution < 1.29 is 19.8 Å². The zero-order valence-electron chi connectivity index (χ0n) is 11.8. The van der Waals surface area contributed by atoms with E-state index in [1.165, 1.54) is 0 Å². The van der Waals surface area contributed by atoms with Crippen LogP contribution in [0.1, 0.15) is 44.9 Å². The lowest BCUT2D eigenvalue weighted by Crippen LogP contribution is -2.52. The van der Waals surface area contributed by atoms with Crippen molar-refractivity contribution in [1.82, 2.24) is 10.2 Å². The van der Waals surface area contributed by atoms with E-state index in [0.29, 0.717) is 19.4 Å². The Morgan fingerprint density at radius 1 is 1.20 bits per heavy atom. The smallest absolute Gasteiger partial charge is 0.317 e. The van der Waals surface area contributed by atoms with E-state index in [1.54, 1.807) is 4.90 Å². The third-order valence-corrected chi connectivity index (χ3v) is 4.71. The fraction of sp³-hybridized carbons (Fsp3) is 0.857. The van der Waals surface area contributed by atoms with Gasteiger partial charge in [-0.2, -0.15) is 0 Å². The molecular weight excluding hydrogens is 260 g/mol. The normalized spacial score (nSPS) is 21.2. The fourth-order valence-electron chi connectivity index (χ4n) is 3.12. The van der Waals surface area contributed by atoms with Crippen LogP contribution in [0.25, 0.3) is 0 Å². The molecule has 0 radical (unpaired) electrons. The van der Waals surface area contributed by atoms with Gasteiger partial charge < -0.3 is 20.4 Å². The Morgan fingerprint density at radius 2 is 1.85 bits per heavy atom. The number of rotatable bonds is 6. The van der Waals surface area contributed by atoms with Gasteiger partial charge in [0.05, 0.1) is 12.0 Å². The van der Waals surface area contributed by atoms with E-state index >= 15 is 0 Å². The topological polar surface area (TPSA) is 89.9 Å². The quantitative estimate of drug-likeness (QED) is 0.683. The Kier molecular flexibility index (Phi) is 4.86. The molecule has 0 atom stereocenters. The predicted octanol–water partition coefficient (Wildman–Crippen LogP) is 1.19. The summed E-state index contributed by atoms with van der Waals surface area (Å²) in [6.45, 7) is 0.445. The predicted molar refractivity (Wildman–Crippen MR) is 73.4 cm³/mol. The molecule has 0 bridgehead atoms. The molecule has 2 amide bonds. The van der Waals surface area contributed by atoms with Crippen LogP contribution in [0.15, 0.2) is 0 Å². The number of carbonyl (C=O) groups is 2. The summed E-state index contributed by atoms with van der Waals surface area (Å²) in [6.07, 6.45) is 6.13. The zero-order chi connectivity index (χ0) is 14.6. The molecule has 0 unspecified atom stereocenters. The van der Waals surface area contributed by atoms with Gasteiger partial charge in [-0.05, 0) is 32.1 Å². The zero-order valence-corrected chi connectivity index (χ0v) is 11.8. The number of aliphatic hydroxyl groups is 1. The molecule has 0 heterocycles. The lowest BCUT2D eigenvalue weighted by molar-refractivity contribution is -0.148. The number of urea groups is 1. The van der Waals surface area contributed by atoms with Gasteiger partial charge in [0.2, 0.25) is 0 Å². The van der Waals surface area contributed by atoms with Crippen molar-refractivity contribution in [2.45, 2.75) is 51.0 Å². The molecule has 114 valence electrons. The van der Waals surface area contributed by atoms with Gasteiger partial charge in [-0.3, -0.25) is 4.79 Å². The second-order valence-corrected chi connectivity index (χ2v) is 5.95. The molecule has 0 aliphatic heterocycles. The first-order chi connectivity index (χ1) is 9.59. The van der Waals surface area contributed by atoms with E-state index in [1.807, 2.05) is 0 Å². The number of carboxylic acids is 1. The van der Waals surface area contributed by atoms with Gasteiger partial charge in [0.1, 0.15) is 0 Å². The van der Waals surface area contributed by atoms with Crippen LogP contribution >= 0.6 is 0 Å². The number of aliphatic carboxylic acids is 1. The number of hydrogen-bond donors (Lipinski definition) is 3. The van der Waals surface area contributed by atoms with E-state index < -0.39 is 11.4 Å². The van der Waals surface area contributed by atoms with E-state index in [-0.39, 0.29) is 25.2 Å². The fourth-order valence-corrected chi connectivity index (χ4v) is 3.12. The standard InChI is InChI=1S/C14H24N2O4/c17-9-8-16(11-4-3-5-11)13(20)15-10-14(12(18)19)6-1-2-7-14/h11,17H,1-10H2,(H,15,20)(H,18,19). The molecule has 2 saturated carbocycles. The van der Waals surface area contributed by atoms with Gasteiger partial charge in [0.15, 0.2) is 0 Å². The molecule has 0 aromatic carbocycles. The Morgan fingerprint density at radius 3 is 2.30 bits per heavy atom. The van der Waals surface area contributed by atoms with E-state index in [2.05, 4.69) is 5.32 Å². The number of nitrogens with one attached hydrogen (secondary N) is 1. The molecule has 2 rings (SSSR count). The summed E-state index contributed by atoms with van der Waals surface area (Å²) in [5.41, 5.74) is -0.792. The van der Waals surface area contributed by atoms with Gasteiger partial charge in [0, 0.05) is 19.1 Å². The number of carboxylic acid groups (broad SMARTS) is 1. The second-order valence-electron chi connectivity index (χ2n) is 5.95. The minimum Gasteiger partial charge on any atom is -0.481 e. The third-order valence-electron chi connectivity index (χ3n) is 4.71. The summed E-state index contributed by atoms with van der Waals surface area (Å²) in [5.74, 6) is -0.812. The van der Waals surface area contributed by atoms with Crippen LogP contribution in [0.3, 0.4) is 0 Å². The molecule has 0 aromatic heterocycles. The summed E-state index contributed by atoms with van der Waals surface area (Å²) in [7, 11) is 0. The first-order valence-electron chi connectivity index (χ1n) is 7.48. The molecule has 20 heavy (non-hydrogen) atoms. The number of nitrogens with zero attached hydrogens (tertiary/aromatic N) is 1. The molecular formula is C14H24N2O4. The molecule has 6 nitrogen and oxygen atoms in total. The minimum atomic E-state index is -0.812. The SMILES string of the molecule is O=C(NCC1(C(=O)O)CCCC1)N(CCO)C1CCC1. The molecule has 2 fully saturated rings. The maximum atomic E-state index is 12.2. The van der Waals surface area contributed by atoms with Crippen molar-refractivity contribution >= 4 is 12.0 Å². The molecule has 6 heteroatoms. The van der Waals surface area contributed by atoms with Crippen LogP contribution < -0.4 is 5.32 Å². The van der Waals surface area contributed by atoms with Crippen molar-refractivity contribution in [3.63, 3.8) is 0 Å². The molecule has 0 spiro atoms. The van der Waals surface area contributed by atoms with E-state index in [0.717, 1.165) is 32.1 Å². The van der Waals surface area contributed by atoms with Crippen molar-refractivity contribution in [2.75, 3.05) is 19.7 Å². The average molecular weight is 284 g/mol. The van der Waals surface area contributed by atoms with Crippen LogP contribution in [0.4, 0.5) is 4.79 Å². The van der Waals surface area contributed by atoms with Crippen molar-refractivity contribution in [3.05, 3.63) is 0 Å². The highest BCUT2D eigenvalue weighted by Crippen LogP contribution is 2.37. The number of hydrogen-bond acceptors (Lipinski definition) is 3. The van der Waals surface area contributed by atoms with Gasteiger partial charge in [-0.25, -0.2) is 4.79 Å². The Hall–Kier alpha value is -1.30. The van der Waals surface area contributed by atoms with Crippen molar-refractivity contribution in [1.29, 1.82) is 0 Å². The summed E-state index contributed by atoms with van der Waals surface area (Å²) in [4.78, 5) is 25.3. The largest absolute Gasteiger partial charge is 0.481 e. The minimum absolute atomic E-state index is 0.0615. The maximum Gasteiger partial charge on any atom is 0.317 e.